The Balaban J connectivity index is 1.92. The molecule has 3 rings (SSSR count). The van der Waals surface area contributed by atoms with Gasteiger partial charge < -0.3 is 10.6 Å². The highest BCUT2D eigenvalue weighted by Crippen LogP contribution is 2.26. The molecule has 6 nitrogen and oxygen atoms in total. The molecule has 2 heterocycles. The third-order valence-corrected chi connectivity index (χ3v) is 4.29. The Hall–Kier alpha value is -3.28. The average molecular weight is 361 g/mol. The monoisotopic (exact) mass is 361 g/mol. The summed E-state index contributed by atoms with van der Waals surface area (Å²) in [6.45, 7) is 6.77. The summed E-state index contributed by atoms with van der Waals surface area (Å²) in [5, 5.41) is 6.12. The van der Waals surface area contributed by atoms with E-state index in [0.717, 1.165) is 28.8 Å². The summed E-state index contributed by atoms with van der Waals surface area (Å²) in [6, 6.07) is 9.75. The van der Waals surface area contributed by atoms with Crippen LogP contribution in [0, 0.1) is 13.8 Å². The molecule has 2 N–H and O–H groups in total. The van der Waals surface area contributed by atoms with Gasteiger partial charge in [0.15, 0.2) is 0 Å². The molecule has 0 aliphatic heterocycles. The van der Waals surface area contributed by atoms with Crippen molar-refractivity contribution in [3.05, 3.63) is 82.9 Å². The molecule has 1 aromatic carbocycles. The van der Waals surface area contributed by atoms with Crippen molar-refractivity contribution in [2.45, 2.75) is 26.8 Å². The molecule has 138 valence electrons. The third-order valence-electron chi connectivity index (χ3n) is 4.29. The predicted molar refractivity (Wildman–Crippen MR) is 106 cm³/mol. The molecule has 0 saturated heterocycles. The van der Waals surface area contributed by atoms with Gasteiger partial charge in [-0.2, -0.15) is 0 Å². The highest BCUT2D eigenvalue weighted by molar-refractivity contribution is 5.94. The Morgan fingerprint density at radius 3 is 2.56 bits per heavy atom. The number of carbonyl (C=O) groups excluding carboxylic acids is 1. The van der Waals surface area contributed by atoms with Gasteiger partial charge in [-0.15, -0.1) is 0 Å². The van der Waals surface area contributed by atoms with Gasteiger partial charge >= 0.3 is 0 Å². The highest BCUT2D eigenvalue weighted by atomic mass is 16.1. The molecule has 0 bridgehead atoms. The molecule has 0 fully saturated rings. The van der Waals surface area contributed by atoms with E-state index in [-0.39, 0.29) is 11.9 Å². The normalized spacial score (nSPS) is 11.7. The number of aromatic nitrogens is 3. The number of carbonyl (C=O) groups is 1. The first-order chi connectivity index (χ1) is 13.1. The van der Waals surface area contributed by atoms with Gasteiger partial charge in [0.05, 0.1) is 11.6 Å². The Kier molecular flexibility index (Phi) is 5.76. The van der Waals surface area contributed by atoms with Crippen molar-refractivity contribution in [3.8, 4) is 0 Å². The van der Waals surface area contributed by atoms with Crippen LogP contribution >= 0.6 is 0 Å². The number of nitrogens with zero attached hydrogens (tertiary/aromatic N) is 3. The van der Waals surface area contributed by atoms with Gasteiger partial charge in [0.2, 0.25) is 5.95 Å². The van der Waals surface area contributed by atoms with E-state index >= 15 is 0 Å². The number of rotatable bonds is 6. The molecule has 0 aliphatic rings. The fourth-order valence-electron chi connectivity index (χ4n) is 2.87. The Morgan fingerprint density at radius 1 is 1.11 bits per heavy atom. The summed E-state index contributed by atoms with van der Waals surface area (Å²) in [4.78, 5) is 25.4. The van der Waals surface area contributed by atoms with E-state index in [1.165, 1.54) is 12.4 Å². The third kappa shape index (κ3) is 4.47. The fraction of sp³-hybridized carbons (Fsp3) is 0.238. The zero-order valence-electron chi connectivity index (χ0n) is 15.7. The van der Waals surface area contributed by atoms with Crippen LogP contribution in [0.1, 0.15) is 45.6 Å². The Morgan fingerprint density at radius 2 is 1.89 bits per heavy atom. The van der Waals surface area contributed by atoms with E-state index in [4.69, 9.17) is 0 Å². The standard InChI is InChI=1S/C21H23N5O/c1-4-23-21-24-12-17(13-25-21)20(27)26-19(16-6-5-9-22-11-16)18-10-14(2)7-8-15(18)3/h5-13,19H,4H2,1-3H3,(H,26,27)(H,23,24,25)/t19-/m1/s1. The molecule has 0 aliphatic carbocycles. The number of anilines is 1. The van der Waals surface area contributed by atoms with Crippen molar-refractivity contribution < 1.29 is 4.79 Å². The van der Waals surface area contributed by atoms with Gasteiger partial charge in [-0.05, 0) is 43.5 Å². The molecular weight excluding hydrogens is 338 g/mol. The summed E-state index contributed by atoms with van der Waals surface area (Å²) in [5.41, 5.74) is 4.62. The van der Waals surface area contributed by atoms with Crippen LogP contribution in [0.25, 0.3) is 0 Å². The lowest BCUT2D eigenvalue weighted by Crippen LogP contribution is -2.30. The minimum absolute atomic E-state index is 0.229. The number of nitrogens with one attached hydrogen (secondary N) is 2. The summed E-state index contributed by atoms with van der Waals surface area (Å²) >= 11 is 0. The van der Waals surface area contributed by atoms with Crippen LogP contribution in [0.15, 0.2) is 55.1 Å². The van der Waals surface area contributed by atoms with Crippen molar-refractivity contribution in [2.75, 3.05) is 11.9 Å². The van der Waals surface area contributed by atoms with Gasteiger partial charge in [0, 0.05) is 31.3 Å². The van der Waals surface area contributed by atoms with Crippen LogP contribution in [-0.4, -0.2) is 27.4 Å². The lowest BCUT2D eigenvalue weighted by Gasteiger charge is -2.22. The van der Waals surface area contributed by atoms with Crippen molar-refractivity contribution in [3.63, 3.8) is 0 Å². The first-order valence-corrected chi connectivity index (χ1v) is 8.92. The second kappa shape index (κ2) is 8.40. The van der Waals surface area contributed by atoms with Crippen LogP contribution < -0.4 is 10.6 Å². The summed E-state index contributed by atoms with van der Waals surface area (Å²) < 4.78 is 0. The van der Waals surface area contributed by atoms with Crippen molar-refractivity contribution >= 4 is 11.9 Å². The smallest absolute Gasteiger partial charge is 0.255 e. The molecule has 0 spiro atoms. The maximum Gasteiger partial charge on any atom is 0.255 e. The lowest BCUT2D eigenvalue weighted by molar-refractivity contribution is 0.0942. The van der Waals surface area contributed by atoms with Crippen molar-refractivity contribution in [1.29, 1.82) is 0 Å². The summed E-state index contributed by atoms with van der Waals surface area (Å²) in [7, 11) is 0. The number of pyridine rings is 1. The molecule has 1 amide bonds. The van der Waals surface area contributed by atoms with Gasteiger partial charge in [0.1, 0.15) is 0 Å². The fourth-order valence-corrected chi connectivity index (χ4v) is 2.87. The Bertz CT molecular complexity index is 910. The van der Waals surface area contributed by atoms with E-state index in [1.807, 2.05) is 32.9 Å². The lowest BCUT2D eigenvalue weighted by atomic mass is 9.94. The second-order valence-corrected chi connectivity index (χ2v) is 6.38. The van der Waals surface area contributed by atoms with E-state index in [0.29, 0.717) is 11.5 Å². The second-order valence-electron chi connectivity index (χ2n) is 6.38. The number of amides is 1. The number of hydrogen-bond acceptors (Lipinski definition) is 5. The van der Waals surface area contributed by atoms with Gasteiger partial charge in [-0.25, -0.2) is 9.97 Å². The molecule has 2 aromatic heterocycles. The average Bonchev–Trinajstić information content (AvgIpc) is 2.69. The van der Waals surface area contributed by atoms with Crippen LogP contribution in [0.2, 0.25) is 0 Å². The zero-order chi connectivity index (χ0) is 19.2. The molecule has 0 unspecified atom stereocenters. The molecular formula is C21H23N5O. The van der Waals surface area contributed by atoms with Gasteiger partial charge in [-0.3, -0.25) is 9.78 Å². The minimum atomic E-state index is -0.306. The van der Waals surface area contributed by atoms with Crippen LogP contribution in [0.3, 0.4) is 0 Å². The van der Waals surface area contributed by atoms with Crippen molar-refractivity contribution in [1.82, 2.24) is 20.3 Å². The SMILES string of the molecule is CCNc1ncc(C(=O)N[C@H](c2cccnc2)c2cc(C)ccc2C)cn1. The molecule has 1 atom stereocenters. The molecule has 0 radical (unpaired) electrons. The Labute approximate surface area is 159 Å². The van der Waals surface area contributed by atoms with E-state index in [1.54, 1.807) is 12.4 Å². The van der Waals surface area contributed by atoms with E-state index in [9.17, 15) is 4.79 Å². The van der Waals surface area contributed by atoms with Gasteiger partial charge in [0.25, 0.3) is 5.91 Å². The molecule has 0 saturated carbocycles. The molecule has 6 heteroatoms. The van der Waals surface area contributed by atoms with Crippen LogP contribution in [-0.2, 0) is 0 Å². The predicted octanol–water partition coefficient (Wildman–Crippen LogP) is 3.44. The van der Waals surface area contributed by atoms with Crippen LogP contribution in [0.5, 0.6) is 0 Å². The summed E-state index contributed by atoms with van der Waals surface area (Å²) in [6.07, 6.45) is 6.56. The van der Waals surface area contributed by atoms with Gasteiger partial charge in [-0.1, -0.05) is 29.8 Å². The van der Waals surface area contributed by atoms with Crippen molar-refractivity contribution in [2.24, 2.45) is 0 Å². The summed E-state index contributed by atoms with van der Waals surface area (Å²) in [5.74, 6) is 0.278. The minimum Gasteiger partial charge on any atom is -0.355 e. The van der Waals surface area contributed by atoms with E-state index < -0.39 is 0 Å². The zero-order valence-corrected chi connectivity index (χ0v) is 15.7. The highest BCUT2D eigenvalue weighted by Gasteiger charge is 2.20. The molecule has 27 heavy (non-hydrogen) atoms. The van der Waals surface area contributed by atoms with E-state index in [2.05, 4.69) is 43.8 Å². The molecule has 3 aromatic rings. The topological polar surface area (TPSA) is 79.8 Å². The quantitative estimate of drug-likeness (QED) is 0.703. The number of hydrogen-bond donors (Lipinski definition) is 2. The first-order valence-electron chi connectivity index (χ1n) is 8.92. The maximum absolute atomic E-state index is 12.8. The largest absolute Gasteiger partial charge is 0.355 e. The number of aryl methyl sites for hydroxylation is 2. The van der Waals surface area contributed by atoms with Crippen LogP contribution in [0.4, 0.5) is 5.95 Å². The maximum atomic E-state index is 12.8. The first kappa shape index (κ1) is 18.5. The number of benzene rings is 1.